The largest absolute Gasteiger partial charge is 0.573 e. The van der Waals surface area contributed by atoms with E-state index in [1.165, 1.54) is 16.7 Å². The highest BCUT2D eigenvalue weighted by Gasteiger charge is 2.31. The van der Waals surface area contributed by atoms with Crippen molar-refractivity contribution in [2.45, 2.75) is 19.3 Å². The lowest BCUT2D eigenvalue weighted by Crippen LogP contribution is -2.35. The third-order valence-electron chi connectivity index (χ3n) is 4.85. The number of hydrogen-bond donors (Lipinski definition) is 2. The first-order valence-corrected chi connectivity index (χ1v) is 9.37. The van der Waals surface area contributed by atoms with Crippen molar-refractivity contribution in [1.82, 2.24) is 19.7 Å². The van der Waals surface area contributed by atoms with Gasteiger partial charge in [-0.2, -0.15) is 4.68 Å². The molecular formula is C20H18F3N5O3. The predicted molar refractivity (Wildman–Crippen MR) is 107 cm³/mol. The Hall–Kier alpha value is -3.60. The van der Waals surface area contributed by atoms with Gasteiger partial charge in [0.05, 0.1) is 5.69 Å². The van der Waals surface area contributed by atoms with E-state index in [1.54, 1.807) is 25.4 Å². The van der Waals surface area contributed by atoms with Crippen molar-refractivity contribution in [2.75, 3.05) is 11.9 Å². The Kier molecular flexibility index (Phi) is 5.27. The van der Waals surface area contributed by atoms with Crippen LogP contribution in [-0.4, -0.2) is 27.3 Å². The van der Waals surface area contributed by atoms with E-state index in [0.29, 0.717) is 36.5 Å². The molecule has 3 aromatic rings. The Balaban J connectivity index is 1.79. The second-order valence-corrected chi connectivity index (χ2v) is 6.95. The van der Waals surface area contributed by atoms with Crippen molar-refractivity contribution in [3.8, 4) is 11.4 Å². The molecule has 0 saturated carbocycles. The zero-order valence-electron chi connectivity index (χ0n) is 16.4. The number of alkyl halides is 3. The summed E-state index contributed by atoms with van der Waals surface area (Å²) in [6.45, 7) is 0.989. The molecule has 11 heteroatoms. The molecule has 31 heavy (non-hydrogen) atoms. The summed E-state index contributed by atoms with van der Waals surface area (Å²) in [5, 5.41) is 10.5. The van der Waals surface area contributed by atoms with Gasteiger partial charge in [0.2, 0.25) is 0 Å². The molecule has 0 aliphatic carbocycles. The van der Waals surface area contributed by atoms with Crippen molar-refractivity contribution in [2.24, 2.45) is 7.05 Å². The van der Waals surface area contributed by atoms with Gasteiger partial charge in [0.25, 0.3) is 11.1 Å². The molecule has 0 atom stereocenters. The maximum Gasteiger partial charge on any atom is 0.573 e. The highest BCUT2D eigenvalue weighted by molar-refractivity contribution is 5.60. The topological polar surface area (TPSA) is 90.2 Å². The van der Waals surface area contributed by atoms with Crippen molar-refractivity contribution in [3.05, 3.63) is 74.4 Å². The first-order valence-electron chi connectivity index (χ1n) is 9.37. The van der Waals surface area contributed by atoms with Gasteiger partial charge >= 0.3 is 6.36 Å². The van der Waals surface area contributed by atoms with E-state index in [9.17, 15) is 22.8 Å². The smallest absolute Gasteiger partial charge is 0.406 e. The SMILES string of the molecule is Cn1cccc(Nc2nn(-c3ccc(OC(F)(F)F)cc3)c(=O)c3c2CNCC3)c1=O. The molecule has 0 fully saturated rings. The van der Waals surface area contributed by atoms with Crippen LogP contribution in [0.4, 0.5) is 24.7 Å². The van der Waals surface area contributed by atoms with E-state index >= 15 is 0 Å². The standard InChI is InChI=1S/C20H18F3N5O3/c1-27-10-2-3-16(19(27)30)25-17-15-11-24-9-8-14(15)18(29)28(26-17)12-4-6-13(7-5-12)31-20(21,22)23/h2-7,10,24H,8-9,11H2,1H3,(H,25,26). The van der Waals surface area contributed by atoms with Gasteiger partial charge in [-0.15, -0.1) is 18.3 Å². The fourth-order valence-corrected chi connectivity index (χ4v) is 3.37. The zero-order valence-corrected chi connectivity index (χ0v) is 16.4. The lowest BCUT2D eigenvalue weighted by Gasteiger charge is -2.21. The summed E-state index contributed by atoms with van der Waals surface area (Å²) < 4.78 is 43.6. The summed E-state index contributed by atoms with van der Waals surface area (Å²) in [6, 6.07) is 8.15. The Morgan fingerprint density at radius 1 is 1.10 bits per heavy atom. The van der Waals surface area contributed by atoms with Gasteiger partial charge in [-0.3, -0.25) is 9.59 Å². The van der Waals surface area contributed by atoms with Gasteiger partial charge in [-0.05, 0) is 49.4 Å². The Labute approximate surface area is 173 Å². The Morgan fingerprint density at radius 2 is 1.84 bits per heavy atom. The van der Waals surface area contributed by atoms with E-state index in [0.717, 1.165) is 16.8 Å². The number of nitrogens with zero attached hydrogens (tertiary/aromatic N) is 3. The molecule has 0 amide bonds. The Morgan fingerprint density at radius 3 is 2.55 bits per heavy atom. The maximum absolute atomic E-state index is 13.0. The molecule has 1 aliphatic heterocycles. The van der Waals surface area contributed by atoms with Gasteiger partial charge in [0.15, 0.2) is 5.82 Å². The van der Waals surface area contributed by atoms with Crippen molar-refractivity contribution < 1.29 is 17.9 Å². The van der Waals surface area contributed by atoms with E-state index in [2.05, 4.69) is 20.5 Å². The van der Waals surface area contributed by atoms with Crippen LogP contribution in [0.5, 0.6) is 5.75 Å². The minimum Gasteiger partial charge on any atom is -0.406 e. The summed E-state index contributed by atoms with van der Waals surface area (Å²) in [4.78, 5) is 25.4. The average molecular weight is 433 g/mol. The van der Waals surface area contributed by atoms with Gasteiger partial charge in [0, 0.05) is 30.9 Å². The molecule has 0 radical (unpaired) electrons. The van der Waals surface area contributed by atoms with E-state index in [4.69, 9.17) is 0 Å². The monoisotopic (exact) mass is 433 g/mol. The summed E-state index contributed by atoms with van der Waals surface area (Å²) in [7, 11) is 1.61. The van der Waals surface area contributed by atoms with Crippen molar-refractivity contribution in [3.63, 3.8) is 0 Å². The molecule has 0 unspecified atom stereocenters. The van der Waals surface area contributed by atoms with E-state index in [-0.39, 0.29) is 22.5 Å². The fourth-order valence-electron chi connectivity index (χ4n) is 3.37. The molecule has 4 rings (SSSR count). The number of aryl methyl sites for hydroxylation is 1. The van der Waals surface area contributed by atoms with Crippen LogP contribution < -0.4 is 26.5 Å². The van der Waals surface area contributed by atoms with Crippen LogP contribution >= 0.6 is 0 Å². The number of rotatable bonds is 4. The molecule has 8 nitrogen and oxygen atoms in total. The predicted octanol–water partition coefficient (Wildman–Crippen LogP) is 2.22. The van der Waals surface area contributed by atoms with Crippen LogP contribution in [0.2, 0.25) is 0 Å². The summed E-state index contributed by atoms with van der Waals surface area (Å²) in [5.41, 5.74) is 1.09. The third kappa shape index (κ3) is 4.31. The number of nitrogens with one attached hydrogen (secondary N) is 2. The number of benzene rings is 1. The second kappa shape index (κ2) is 7.91. The molecule has 2 N–H and O–H groups in total. The minimum absolute atomic E-state index is 0.268. The maximum atomic E-state index is 13.0. The molecule has 162 valence electrons. The third-order valence-corrected chi connectivity index (χ3v) is 4.85. The first-order chi connectivity index (χ1) is 14.7. The number of aromatic nitrogens is 3. The lowest BCUT2D eigenvalue weighted by atomic mass is 10.0. The average Bonchev–Trinajstić information content (AvgIpc) is 2.73. The summed E-state index contributed by atoms with van der Waals surface area (Å²) >= 11 is 0. The fraction of sp³-hybridized carbons (Fsp3) is 0.250. The van der Waals surface area contributed by atoms with Gasteiger partial charge in [-0.25, -0.2) is 0 Å². The first kappa shape index (κ1) is 20.7. The number of halogens is 3. The van der Waals surface area contributed by atoms with E-state index < -0.39 is 12.1 Å². The molecular weight excluding hydrogens is 415 g/mol. The number of hydrogen-bond acceptors (Lipinski definition) is 6. The normalized spacial score (nSPS) is 13.5. The molecule has 0 spiro atoms. The van der Waals surface area contributed by atoms with E-state index in [1.807, 2.05) is 0 Å². The quantitative estimate of drug-likeness (QED) is 0.656. The molecule has 2 aromatic heterocycles. The number of fused-ring (bicyclic) bond motifs is 1. The molecule has 3 heterocycles. The molecule has 0 saturated heterocycles. The summed E-state index contributed by atoms with van der Waals surface area (Å²) in [5.74, 6) is -0.0849. The van der Waals surface area contributed by atoms with Gasteiger partial charge in [-0.1, -0.05) is 0 Å². The van der Waals surface area contributed by atoms with Crippen LogP contribution in [0.3, 0.4) is 0 Å². The highest BCUT2D eigenvalue weighted by Crippen LogP contribution is 2.25. The number of ether oxygens (including phenoxy) is 1. The lowest BCUT2D eigenvalue weighted by molar-refractivity contribution is -0.274. The van der Waals surface area contributed by atoms with Crippen LogP contribution in [0, 0.1) is 0 Å². The van der Waals surface area contributed by atoms with Gasteiger partial charge in [0.1, 0.15) is 11.4 Å². The second-order valence-electron chi connectivity index (χ2n) is 6.95. The van der Waals surface area contributed by atoms with Crippen LogP contribution in [0.25, 0.3) is 5.69 Å². The number of anilines is 2. The van der Waals surface area contributed by atoms with Gasteiger partial charge < -0.3 is 19.9 Å². The van der Waals surface area contributed by atoms with Crippen LogP contribution in [0.15, 0.2) is 52.2 Å². The van der Waals surface area contributed by atoms with Crippen LogP contribution in [0.1, 0.15) is 11.1 Å². The van der Waals surface area contributed by atoms with Crippen LogP contribution in [-0.2, 0) is 20.0 Å². The van der Waals surface area contributed by atoms with Crippen molar-refractivity contribution >= 4 is 11.5 Å². The zero-order chi connectivity index (χ0) is 22.2. The molecule has 1 aliphatic rings. The highest BCUT2D eigenvalue weighted by atomic mass is 19.4. The number of pyridine rings is 1. The van der Waals surface area contributed by atoms with Crippen molar-refractivity contribution in [1.29, 1.82) is 0 Å². The summed E-state index contributed by atoms with van der Waals surface area (Å²) in [6.07, 6.45) is -2.74. The molecule has 0 bridgehead atoms. The molecule has 1 aromatic carbocycles. The Bertz CT molecular complexity index is 1230. The minimum atomic E-state index is -4.81.